The molecule has 0 aliphatic heterocycles. The summed E-state index contributed by atoms with van der Waals surface area (Å²) in [5.74, 6) is -2.11. The number of amides is 3. The SMILES string of the molecule is CC(C)(CC(=O)NC1(c2ccc(Br)cc2)CCCCCC1)n1cc(CNC(=O)Nc2ccc(F)c(F)c2)nn1. The second-order valence-corrected chi connectivity index (χ2v) is 11.5. The van der Waals surface area contributed by atoms with E-state index in [0.29, 0.717) is 5.69 Å². The van der Waals surface area contributed by atoms with Crippen LogP contribution < -0.4 is 16.0 Å². The summed E-state index contributed by atoms with van der Waals surface area (Å²) in [6, 6.07) is 10.7. The minimum Gasteiger partial charge on any atom is -0.347 e. The Bertz CT molecular complexity index is 1300. The van der Waals surface area contributed by atoms with Crippen molar-refractivity contribution in [3.8, 4) is 0 Å². The molecule has 1 aliphatic rings. The third-order valence-corrected chi connectivity index (χ3v) is 7.62. The van der Waals surface area contributed by atoms with Gasteiger partial charge in [0.2, 0.25) is 5.91 Å². The van der Waals surface area contributed by atoms with Gasteiger partial charge in [-0.2, -0.15) is 0 Å². The van der Waals surface area contributed by atoms with Crippen LogP contribution in [0.3, 0.4) is 0 Å². The number of benzene rings is 2. The molecule has 1 aliphatic carbocycles. The highest BCUT2D eigenvalue weighted by Gasteiger charge is 2.36. The Hall–Kier alpha value is -3.34. The molecule has 1 fully saturated rings. The number of halogens is 3. The monoisotopic (exact) mass is 602 g/mol. The average molecular weight is 604 g/mol. The van der Waals surface area contributed by atoms with E-state index >= 15 is 0 Å². The van der Waals surface area contributed by atoms with E-state index in [1.54, 1.807) is 10.9 Å². The van der Waals surface area contributed by atoms with Crippen molar-refractivity contribution < 1.29 is 18.4 Å². The van der Waals surface area contributed by atoms with Crippen LogP contribution in [0.1, 0.15) is 70.1 Å². The second kappa shape index (κ2) is 12.2. The first-order valence-corrected chi connectivity index (χ1v) is 13.8. The molecule has 11 heteroatoms. The van der Waals surface area contributed by atoms with Gasteiger partial charge < -0.3 is 16.0 Å². The maximum Gasteiger partial charge on any atom is 0.319 e. The second-order valence-electron chi connectivity index (χ2n) is 10.6. The molecule has 2 aromatic carbocycles. The van der Waals surface area contributed by atoms with E-state index in [4.69, 9.17) is 0 Å². The Morgan fingerprint density at radius 2 is 1.72 bits per heavy atom. The van der Waals surface area contributed by atoms with Crippen molar-refractivity contribution in [1.82, 2.24) is 25.6 Å². The van der Waals surface area contributed by atoms with Crippen molar-refractivity contribution in [2.24, 2.45) is 0 Å². The van der Waals surface area contributed by atoms with Crippen molar-refractivity contribution in [1.29, 1.82) is 0 Å². The summed E-state index contributed by atoms with van der Waals surface area (Å²) in [6.07, 6.45) is 8.10. The maximum absolute atomic E-state index is 13.4. The van der Waals surface area contributed by atoms with Crippen molar-refractivity contribution in [3.05, 3.63) is 76.0 Å². The van der Waals surface area contributed by atoms with E-state index in [2.05, 4.69) is 54.3 Å². The zero-order chi connectivity index (χ0) is 28.0. The first-order chi connectivity index (χ1) is 18.6. The van der Waals surface area contributed by atoms with Crippen LogP contribution in [0, 0.1) is 11.6 Å². The first-order valence-electron chi connectivity index (χ1n) is 13.1. The molecule has 4 rings (SSSR count). The zero-order valence-electron chi connectivity index (χ0n) is 22.1. The number of hydrogen-bond acceptors (Lipinski definition) is 4. The van der Waals surface area contributed by atoms with Gasteiger partial charge in [0.15, 0.2) is 11.6 Å². The third-order valence-electron chi connectivity index (χ3n) is 7.09. The molecule has 0 spiro atoms. The quantitative estimate of drug-likeness (QED) is 0.270. The van der Waals surface area contributed by atoms with Crippen LogP contribution in [-0.2, 0) is 22.4 Å². The molecule has 3 amide bonds. The normalized spacial score (nSPS) is 15.3. The molecule has 1 saturated carbocycles. The molecular formula is C28H33BrF2N6O2. The van der Waals surface area contributed by atoms with Crippen LogP contribution in [0.15, 0.2) is 53.1 Å². The molecule has 0 atom stereocenters. The van der Waals surface area contributed by atoms with Gasteiger partial charge in [0.1, 0.15) is 5.69 Å². The van der Waals surface area contributed by atoms with Gasteiger partial charge in [0.05, 0.1) is 30.2 Å². The molecule has 0 saturated heterocycles. The summed E-state index contributed by atoms with van der Waals surface area (Å²) < 4.78 is 29.1. The van der Waals surface area contributed by atoms with Crippen LogP contribution >= 0.6 is 15.9 Å². The molecule has 0 radical (unpaired) electrons. The van der Waals surface area contributed by atoms with Crippen LogP contribution in [0.4, 0.5) is 19.3 Å². The highest BCUT2D eigenvalue weighted by molar-refractivity contribution is 9.10. The number of anilines is 1. The molecular weight excluding hydrogens is 570 g/mol. The number of nitrogens with one attached hydrogen (secondary N) is 3. The number of rotatable bonds is 8. The highest BCUT2D eigenvalue weighted by atomic mass is 79.9. The fraction of sp³-hybridized carbons (Fsp3) is 0.429. The Labute approximate surface area is 235 Å². The van der Waals surface area contributed by atoms with Gasteiger partial charge in [0.25, 0.3) is 0 Å². The number of carbonyl (C=O) groups is 2. The summed E-state index contributed by atoms with van der Waals surface area (Å²) in [5.41, 5.74) is 0.655. The van der Waals surface area contributed by atoms with E-state index in [9.17, 15) is 18.4 Å². The van der Waals surface area contributed by atoms with Gasteiger partial charge in [-0.25, -0.2) is 18.3 Å². The lowest BCUT2D eigenvalue weighted by atomic mass is 9.82. The first kappa shape index (κ1) is 28.7. The summed E-state index contributed by atoms with van der Waals surface area (Å²) >= 11 is 3.50. The van der Waals surface area contributed by atoms with Crippen LogP contribution in [-0.4, -0.2) is 26.9 Å². The number of nitrogens with zero attached hydrogens (tertiary/aromatic N) is 3. The van der Waals surface area contributed by atoms with Crippen molar-refractivity contribution in [2.45, 2.75) is 76.4 Å². The molecule has 8 nitrogen and oxygen atoms in total. The Balaban J connectivity index is 1.37. The predicted octanol–water partition coefficient (Wildman–Crippen LogP) is 6.13. The maximum atomic E-state index is 13.4. The highest BCUT2D eigenvalue weighted by Crippen LogP contribution is 2.37. The van der Waals surface area contributed by atoms with Crippen molar-refractivity contribution >= 4 is 33.6 Å². The van der Waals surface area contributed by atoms with E-state index in [1.165, 1.54) is 6.07 Å². The molecule has 0 bridgehead atoms. The van der Waals surface area contributed by atoms with Gasteiger partial charge >= 0.3 is 6.03 Å². The lowest BCUT2D eigenvalue weighted by Gasteiger charge is -2.36. The summed E-state index contributed by atoms with van der Waals surface area (Å²) in [7, 11) is 0. The predicted molar refractivity (Wildman–Crippen MR) is 148 cm³/mol. The summed E-state index contributed by atoms with van der Waals surface area (Å²) in [4.78, 5) is 25.6. The number of urea groups is 1. The fourth-order valence-corrected chi connectivity index (χ4v) is 5.23. The molecule has 0 unspecified atom stereocenters. The Morgan fingerprint density at radius 3 is 2.38 bits per heavy atom. The van der Waals surface area contributed by atoms with Crippen LogP contribution in [0.25, 0.3) is 0 Å². The number of carbonyl (C=O) groups excluding carboxylic acids is 2. The van der Waals surface area contributed by atoms with Gasteiger partial charge in [-0.15, -0.1) is 5.10 Å². The molecule has 208 valence electrons. The smallest absolute Gasteiger partial charge is 0.319 e. The van der Waals surface area contributed by atoms with E-state index in [1.807, 2.05) is 26.0 Å². The van der Waals surface area contributed by atoms with Gasteiger partial charge in [-0.3, -0.25) is 4.79 Å². The minimum absolute atomic E-state index is 0.0600. The Morgan fingerprint density at radius 1 is 1.03 bits per heavy atom. The topological polar surface area (TPSA) is 101 Å². The lowest BCUT2D eigenvalue weighted by molar-refractivity contribution is -0.125. The van der Waals surface area contributed by atoms with Crippen molar-refractivity contribution in [2.75, 3.05) is 5.32 Å². The van der Waals surface area contributed by atoms with Crippen LogP contribution in [0.2, 0.25) is 0 Å². The van der Waals surface area contributed by atoms with Gasteiger partial charge in [0, 0.05) is 16.2 Å². The van der Waals surface area contributed by atoms with Gasteiger partial charge in [-0.05, 0) is 56.5 Å². The summed E-state index contributed by atoms with van der Waals surface area (Å²) in [5, 5.41) is 16.7. The van der Waals surface area contributed by atoms with Gasteiger partial charge in [-0.1, -0.05) is 59.0 Å². The molecule has 3 aromatic rings. The molecule has 39 heavy (non-hydrogen) atoms. The summed E-state index contributed by atoms with van der Waals surface area (Å²) in [6.45, 7) is 3.88. The number of hydrogen-bond donors (Lipinski definition) is 3. The molecule has 3 N–H and O–H groups in total. The average Bonchev–Trinajstić information content (AvgIpc) is 3.26. The van der Waals surface area contributed by atoms with E-state index in [0.717, 1.165) is 60.7 Å². The third kappa shape index (κ3) is 7.40. The lowest BCUT2D eigenvalue weighted by Crippen LogP contribution is -2.47. The van der Waals surface area contributed by atoms with Crippen molar-refractivity contribution in [3.63, 3.8) is 0 Å². The fourth-order valence-electron chi connectivity index (χ4n) is 4.97. The molecule has 1 heterocycles. The van der Waals surface area contributed by atoms with E-state index < -0.39 is 28.7 Å². The largest absolute Gasteiger partial charge is 0.347 e. The zero-order valence-corrected chi connectivity index (χ0v) is 23.7. The molecule has 1 aromatic heterocycles. The minimum atomic E-state index is -1.05. The Kier molecular flexibility index (Phi) is 8.99. The van der Waals surface area contributed by atoms with Crippen LogP contribution in [0.5, 0.6) is 0 Å². The number of aromatic nitrogens is 3. The van der Waals surface area contributed by atoms with E-state index in [-0.39, 0.29) is 24.6 Å². The standard InChI is InChI=1S/C28H33BrF2N6O2/c1-27(2,16-25(38)34-28(13-5-3-4-6-14-28)19-7-9-20(29)10-8-19)37-18-22(35-36-37)17-32-26(39)33-21-11-12-23(30)24(31)15-21/h7-12,15,18H,3-6,13-14,16-17H2,1-2H3,(H,34,38)(H2,32,33,39).